The molecule has 1 aromatic rings. The third-order valence-electron chi connectivity index (χ3n) is 1.98. The van der Waals surface area contributed by atoms with Crippen LogP contribution in [0.1, 0.15) is 31.4 Å². The monoisotopic (exact) mass is 164 g/mol. The molecule has 1 rings (SSSR count). The maximum absolute atomic E-state index is 5.44. The Bertz CT molecular complexity index is 208. The number of nitrogens with two attached hydrogens (primary N) is 1. The SMILES string of the molecule is CCC[C@@H](NN)c1ccccc1. The molecule has 0 saturated heterocycles. The molecule has 0 aliphatic carbocycles. The first-order valence-electron chi connectivity index (χ1n) is 4.39. The van der Waals surface area contributed by atoms with Crippen molar-refractivity contribution in [1.82, 2.24) is 5.43 Å². The smallest absolute Gasteiger partial charge is 0.0459 e. The Morgan fingerprint density at radius 1 is 1.33 bits per heavy atom. The fourth-order valence-electron chi connectivity index (χ4n) is 1.32. The molecule has 0 unspecified atom stereocenters. The van der Waals surface area contributed by atoms with Gasteiger partial charge in [-0.05, 0) is 12.0 Å². The van der Waals surface area contributed by atoms with Crippen LogP contribution in [-0.2, 0) is 0 Å². The molecule has 12 heavy (non-hydrogen) atoms. The second-order valence-corrected chi connectivity index (χ2v) is 2.92. The first kappa shape index (κ1) is 9.23. The van der Waals surface area contributed by atoms with Crippen molar-refractivity contribution in [1.29, 1.82) is 0 Å². The molecule has 0 heterocycles. The standard InChI is InChI=1S/C10H16N2/c1-2-6-10(12-11)9-7-4-3-5-8-9/h3-5,7-8,10,12H,2,6,11H2,1H3/t10-/m1/s1. The molecule has 0 fully saturated rings. The van der Waals surface area contributed by atoms with Crippen molar-refractivity contribution in [3.8, 4) is 0 Å². The predicted octanol–water partition coefficient (Wildman–Crippen LogP) is 1.99. The maximum atomic E-state index is 5.44. The van der Waals surface area contributed by atoms with E-state index < -0.39 is 0 Å². The summed E-state index contributed by atoms with van der Waals surface area (Å²) in [5.74, 6) is 5.44. The van der Waals surface area contributed by atoms with Crippen LogP contribution in [0, 0.1) is 0 Å². The molecule has 0 aliphatic rings. The van der Waals surface area contributed by atoms with Crippen LogP contribution in [0.5, 0.6) is 0 Å². The topological polar surface area (TPSA) is 38.0 Å². The van der Waals surface area contributed by atoms with Gasteiger partial charge in [-0.25, -0.2) is 0 Å². The largest absolute Gasteiger partial charge is 0.271 e. The van der Waals surface area contributed by atoms with E-state index in [1.807, 2.05) is 18.2 Å². The average Bonchev–Trinajstić information content (AvgIpc) is 2.15. The van der Waals surface area contributed by atoms with E-state index in [9.17, 15) is 0 Å². The number of rotatable bonds is 4. The average molecular weight is 164 g/mol. The quantitative estimate of drug-likeness (QED) is 0.527. The zero-order valence-corrected chi connectivity index (χ0v) is 7.46. The van der Waals surface area contributed by atoms with Gasteiger partial charge in [0, 0.05) is 6.04 Å². The number of hydrogen-bond donors (Lipinski definition) is 2. The van der Waals surface area contributed by atoms with Crippen molar-refractivity contribution in [2.24, 2.45) is 5.84 Å². The van der Waals surface area contributed by atoms with E-state index >= 15 is 0 Å². The van der Waals surface area contributed by atoms with Crippen LogP contribution in [0.15, 0.2) is 30.3 Å². The Morgan fingerprint density at radius 2 is 2.00 bits per heavy atom. The first-order chi connectivity index (χ1) is 5.88. The van der Waals surface area contributed by atoms with E-state index in [0.717, 1.165) is 12.8 Å². The third kappa shape index (κ3) is 2.32. The van der Waals surface area contributed by atoms with Crippen molar-refractivity contribution in [3.05, 3.63) is 35.9 Å². The number of nitrogens with one attached hydrogen (secondary N) is 1. The van der Waals surface area contributed by atoms with Gasteiger partial charge < -0.3 is 0 Å². The molecule has 0 saturated carbocycles. The van der Waals surface area contributed by atoms with Crippen molar-refractivity contribution in [2.45, 2.75) is 25.8 Å². The highest BCUT2D eigenvalue weighted by atomic mass is 15.2. The van der Waals surface area contributed by atoms with Gasteiger partial charge in [-0.15, -0.1) is 0 Å². The zero-order chi connectivity index (χ0) is 8.81. The van der Waals surface area contributed by atoms with Gasteiger partial charge in [0.2, 0.25) is 0 Å². The molecule has 2 nitrogen and oxygen atoms in total. The van der Waals surface area contributed by atoms with Crippen LogP contribution in [0.3, 0.4) is 0 Å². The lowest BCUT2D eigenvalue weighted by molar-refractivity contribution is 0.510. The van der Waals surface area contributed by atoms with Crippen molar-refractivity contribution in [2.75, 3.05) is 0 Å². The Hall–Kier alpha value is -0.860. The van der Waals surface area contributed by atoms with Crippen molar-refractivity contribution in [3.63, 3.8) is 0 Å². The van der Waals surface area contributed by atoms with Crippen molar-refractivity contribution < 1.29 is 0 Å². The zero-order valence-electron chi connectivity index (χ0n) is 7.46. The van der Waals surface area contributed by atoms with Crippen LogP contribution < -0.4 is 11.3 Å². The van der Waals surface area contributed by atoms with E-state index in [0.29, 0.717) is 6.04 Å². The summed E-state index contributed by atoms with van der Waals surface area (Å²) in [6.07, 6.45) is 2.23. The lowest BCUT2D eigenvalue weighted by atomic mass is 10.0. The highest BCUT2D eigenvalue weighted by molar-refractivity contribution is 5.18. The van der Waals surface area contributed by atoms with Gasteiger partial charge in [-0.3, -0.25) is 11.3 Å². The molecule has 2 heteroatoms. The van der Waals surface area contributed by atoms with Gasteiger partial charge in [0.15, 0.2) is 0 Å². The summed E-state index contributed by atoms with van der Waals surface area (Å²) in [6, 6.07) is 10.6. The first-order valence-corrected chi connectivity index (χ1v) is 4.39. The van der Waals surface area contributed by atoms with Gasteiger partial charge in [-0.2, -0.15) is 0 Å². The van der Waals surface area contributed by atoms with E-state index in [1.54, 1.807) is 0 Å². The minimum Gasteiger partial charge on any atom is -0.271 e. The van der Waals surface area contributed by atoms with Crippen molar-refractivity contribution >= 4 is 0 Å². The molecule has 0 radical (unpaired) electrons. The third-order valence-corrected chi connectivity index (χ3v) is 1.98. The molecule has 0 aromatic heterocycles. The molecule has 1 atom stereocenters. The predicted molar refractivity (Wildman–Crippen MR) is 51.4 cm³/mol. The summed E-state index contributed by atoms with van der Waals surface area (Å²) in [5, 5.41) is 0. The maximum Gasteiger partial charge on any atom is 0.0459 e. The van der Waals surface area contributed by atoms with Gasteiger partial charge in [-0.1, -0.05) is 43.7 Å². The molecule has 0 aliphatic heterocycles. The molecular formula is C10H16N2. The van der Waals surface area contributed by atoms with E-state index in [4.69, 9.17) is 5.84 Å². The molecule has 0 amide bonds. The summed E-state index contributed by atoms with van der Waals surface area (Å²) in [4.78, 5) is 0. The van der Waals surface area contributed by atoms with Crippen LogP contribution >= 0.6 is 0 Å². The van der Waals surface area contributed by atoms with Gasteiger partial charge in [0.1, 0.15) is 0 Å². The van der Waals surface area contributed by atoms with Crippen LogP contribution in [-0.4, -0.2) is 0 Å². The lowest BCUT2D eigenvalue weighted by Crippen LogP contribution is -2.27. The Labute approximate surface area is 73.8 Å². The van der Waals surface area contributed by atoms with E-state index in [2.05, 4.69) is 24.5 Å². The Morgan fingerprint density at radius 3 is 2.50 bits per heavy atom. The molecule has 3 N–H and O–H groups in total. The summed E-state index contributed by atoms with van der Waals surface area (Å²) in [6.45, 7) is 2.16. The van der Waals surface area contributed by atoms with Crippen LogP contribution in [0.25, 0.3) is 0 Å². The number of benzene rings is 1. The fraction of sp³-hybridized carbons (Fsp3) is 0.400. The summed E-state index contributed by atoms with van der Waals surface area (Å²) < 4.78 is 0. The highest BCUT2D eigenvalue weighted by Crippen LogP contribution is 2.16. The minimum atomic E-state index is 0.302. The minimum absolute atomic E-state index is 0.302. The van der Waals surface area contributed by atoms with E-state index in [-0.39, 0.29) is 0 Å². The fourth-order valence-corrected chi connectivity index (χ4v) is 1.32. The lowest BCUT2D eigenvalue weighted by Gasteiger charge is -2.14. The normalized spacial score (nSPS) is 12.8. The van der Waals surface area contributed by atoms with E-state index in [1.165, 1.54) is 5.56 Å². The summed E-state index contributed by atoms with van der Waals surface area (Å²) in [7, 11) is 0. The molecule has 0 bridgehead atoms. The van der Waals surface area contributed by atoms with Gasteiger partial charge in [0.25, 0.3) is 0 Å². The molecule has 0 spiro atoms. The molecular weight excluding hydrogens is 148 g/mol. The van der Waals surface area contributed by atoms with Gasteiger partial charge in [0.05, 0.1) is 0 Å². The van der Waals surface area contributed by atoms with Crippen LogP contribution in [0.2, 0.25) is 0 Å². The highest BCUT2D eigenvalue weighted by Gasteiger charge is 2.05. The second-order valence-electron chi connectivity index (χ2n) is 2.92. The second kappa shape index (κ2) is 4.91. The Balaban J connectivity index is 2.66. The molecule has 66 valence electrons. The van der Waals surface area contributed by atoms with Crippen LogP contribution in [0.4, 0.5) is 0 Å². The molecule has 1 aromatic carbocycles. The summed E-state index contributed by atoms with van der Waals surface area (Å²) in [5.41, 5.74) is 4.08. The number of hydrogen-bond acceptors (Lipinski definition) is 2. The Kier molecular flexibility index (Phi) is 3.77. The summed E-state index contributed by atoms with van der Waals surface area (Å²) >= 11 is 0. The number of hydrazine groups is 1. The van der Waals surface area contributed by atoms with Gasteiger partial charge >= 0.3 is 0 Å².